The average molecular weight is 442 g/mol. The molecule has 0 spiro atoms. The minimum atomic E-state index is -0.382. The van der Waals surface area contributed by atoms with Crippen molar-refractivity contribution < 1.29 is 19.1 Å². The molecule has 0 aromatic heterocycles. The van der Waals surface area contributed by atoms with Crippen LogP contribution in [-0.2, 0) is 27.4 Å². The Morgan fingerprint density at radius 3 is 1.94 bits per heavy atom. The summed E-state index contributed by atoms with van der Waals surface area (Å²) < 4.78 is 10.9. The zero-order valence-corrected chi connectivity index (χ0v) is 18.4. The van der Waals surface area contributed by atoms with Crippen molar-refractivity contribution in [2.75, 3.05) is 13.2 Å². The van der Waals surface area contributed by atoms with Crippen LogP contribution in [0.2, 0.25) is 0 Å². The zero-order valence-electron chi connectivity index (χ0n) is 18.4. The maximum absolute atomic E-state index is 12.6. The van der Waals surface area contributed by atoms with E-state index >= 15 is 0 Å². The van der Waals surface area contributed by atoms with Gasteiger partial charge in [0.15, 0.2) is 0 Å². The second kappa shape index (κ2) is 11.2. The first kappa shape index (κ1) is 22.5. The van der Waals surface area contributed by atoms with Crippen molar-refractivity contribution in [2.24, 2.45) is 0 Å². The maximum Gasteiger partial charge on any atom is 0.338 e. The lowest BCUT2D eigenvalue weighted by atomic mass is 10.1. The third-order valence-electron chi connectivity index (χ3n) is 5.58. The molecule has 4 rings (SSSR count). The molecule has 0 aliphatic carbocycles. The third kappa shape index (κ3) is 6.40. The highest BCUT2D eigenvalue weighted by Crippen LogP contribution is 2.20. The van der Waals surface area contributed by atoms with E-state index in [2.05, 4.69) is 29.2 Å². The van der Waals surface area contributed by atoms with E-state index in [0.717, 1.165) is 11.1 Å². The number of carbonyl (C=O) groups excluding carboxylic acids is 2. The van der Waals surface area contributed by atoms with Gasteiger partial charge in [0.1, 0.15) is 6.61 Å². The fraction of sp³-hybridized carbons (Fsp3) is 0.214. The molecule has 0 N–H and O–H groups in total. The summed E-state index contributed by atoms with van der Waals surface area (Å²) in [6.45, 7) is 1.80. The van der Waals surface area contributed by atoms with Gasteiger partial charge in [-0.25, -0.2) is 9.59 Å². The lowest BCUT2D eigenvalue weighted by molar-refractivity contribution is -0.135. The highest BCUT2D eigenvalue weighted by molar-refractivity contribution is 5.90. The van der Waals surface area contributed by atoms with E-state index < -0.39 is 0 Å². The molecular weight excluding hydrogens is 414 g/mol. The first-order valence-corrected chi connectivity index (χ1v) is 11.1. The van der Waals surface area contributed by atoms with E-state index in [1.165, 1.54) is 0 Å². The van der Waals surface area contributed by atoms with Gasteiger partial charge in [0, 0.05) is 25.1 Å². The molecule has 1 saturated heterocycles. The molecule has 3 aromatic rings. The van der Waals surface area contributed by atoms with Crippen LogP contribution in [0, 0.1) is 0 Å². The number of rotatable bonds is 9. The first-order valence-electron chi connectivity index (χ1n) is 11.1. The van der Waals surface area contributed by atoms with Gasteiger partial charge in [-0.05, 0) is 23.3 Å². The average Bonchev–Trinajstić information content (AvgIpc) is 3.27. The normalized spacial score (nSPS) is 15.4. The Kier molecular flexibility index (Phi) is 7.67. The summed E-state index contributed by atoms with van der Waals surface area (Å²) in [5.41, 5.74) is 3.41. The Labute approximate surface area is 194 Å². The van der Waals surface area contributed by atoms with Crippen LogP contribution in [0.4, 0.5) is 0 Å². The molecule has 168 valence electrons. The van der Waals surface area contributed by atoms with Gasteiger partial charge in [0.2, 0.25) is 0 Å². The summed E-state index contributed by atoms with van der Waals surface area (Å²) in [4.78, 5) is 27.1. The molecule has 5 heteroatoms. The van der Waals surface area contributed by atoms with E-state index in [0.29, 0.717) is 37.3 Å². The second-order valence-electron chi connectivity index (χ2n) is 7.99. The van der Waals surface area contributed by atoms with E-state index in [4.69, 9.17) is 9.47 Å². The molecule has 3 aromatic carbocycles. The molecule has 1 heterocycles. The fourth-order valence-electron chi connectivity index (χ4n) is 3.84. The number of nitrogens with zero attached hydrogens (tertiary/aromatic N) is 1. The van der Waals surface area contributed by atoms with Crippen molar-refractivity contribution in [3.8, 4) is 0 Å². The predicted octanol–water partition coefficient (Wildman–Crippen LogP) is 4.79. The lowest BCUT2D eigenvalue weighted by Gasteiger charge is -2.30. The Balaban J connectivity index is 1.60. The summed E-state index contributed by atoms with van der Waals surface area (Å²) in [6, 6.07) is 28.9. The first-order chi connectivity index (χ1) is 16.2. The van der Waals surface area contributed by atoms with Crippen molar-refractivity contribution in [2.45, 2.75) is 25.6 Å². The monoisotopic (exact) mass is 441 g/mol. The number of hydrogen-bond donors (Lipinski definition) is 0. The number of benzene rings is 3. The molecule has 1 atom stereocenters. The molecule has 0 saturated carbocycles. The van der Waals surface area contributed by atoms with Gasteiger partial charge in [-0.15, -0.1) is 0 Å². The van der Waals surface area contributed by atoms with Gasteiger partial charge < -0.3 is 9.47 Å². The van der Waals surface area contributed by atoms with Crippen molar-refractivity contribution in [3.63, 3.8) is 0 Å². The maximum atomic E-state index is 12.6. The van der Waals surface area contributed by atoms with E-state index in [-0.39, 0.29) is 24.6 Å². The van der Waals surface area contributed by atoms with Crippen LogP contribution < -0.4 is 0 Å². The molecular formula is C28H27NO4. The minimum absolute atomic E-state index is 0.129. The summed E-state index contributed by atoms with van der Waals surface area (Å²) in [5.74, 6) is -0.680. The van der Waals surface area contributed by atoms with Gasteiger partial charge >= 0.3 is 11.9 Å². The molecule has 0 amide bonds. The Morgan fingerprint density at radius 2 is 1.42 bits per heavy atom. The number of cyclic esters (lactones) is 1. The quantitative estimate of drug-likeness (QED) is 0.353. The highest BCUT2D eigenvalue weighted by atomic mass is 16.5. The Hall–Kier alpha value is -3.70. The standard InChI is InChI=1S/C28H27NO4/c30-27(24-14-8-3-9-15-24)33-21-26(18-25-16-17-32-28(25)31)29(19-22-10-4-1-5-11-22)20-23-12-6-2-7-13-23/h1-15,18,26H,16-17,19-21H2/b25-18+. The van der Waals surface area contributed by atoms with Crippen LogP contribution in [0.5, 0.6) is 0 Å². The summed E-state index contributed by atoms with van der Waals surface area (Å²) in [7, 11) is 0. The van der Waals surface area contributed by atoms with E-state index in [1.54, 1.807) is 12.1 Å². The summed E-state index contributed by atoms with van der Waals surface area (Å²) in [6.07, 6.45) is 2.46. The molecule has 1 aliphatic heterocycles. The van der Waals surface area contributed by atoms with Gasteiger partial charge in [0.25, 0.3) is 0 Å². The predicted molar refractivity (Wildman–Crippen MR) is 126 cm³/mol. The van der Waals surface area contributed by atoms with Crippen LogP contribution in [0.1, 0.15) is 27.9 Å². The smallest absolute Gasteiger partial charge is 0.338 e. The lowest BCUT2D eigenvalue weighted by Crippen LogP contribution is -2.37. The number of hydrogen-bond acceptors (Lipinski definition) is 5. The van der Waals surface area contributed by atoms with Gasteiger partial charge in [-0.2, -0.15) is 0 Å². The molecule has 0 radical (unpaired) electrons. The van der Waals surface area contributed by atoms with Crippen molar-refractivity contribution in [1.29, 1.82) is 0 Å². The third-order valence-corrected chi connectivity index (χ3v) is 5.58. The van der Waals surface area contributed by atoms with Gasteiger partial charge in [0.05, 0.1) is 18.2 Å². The molecule has 1 aliphatic rings. The molecule has 33 heavy (non-hydrogen) atoms. The Bertz CT molecular complexity index is 1040. The van der Waals surface area contributed by atoms with E-state index in [9.17, 15) is 9.59 Å². The topological polar surface area (TPSA) is 55.8 Å². The largest absolute Gasteiger partial charge is 0.462 e. The summed E-state index contributed by atoms with van der Waals surface area (Å²) in [5, 5.41) is 0. The molecule has 5 nitrogen and oxygen atoms in total. The number of carbonyl (C=O) groups is 2. The second-order valence-corrected chi connectivity index (χ2v) is 7.99. The fourth-order valence-corrected chi connectivity index (χ4v) is 3.84. The van der Waals surface area contributed by atoms with Gasteiger partial charge in [-0.3, -0.25) is 4.90 Å². The van der Waals surface area contributed by atoms with Crippen LogP contribution in [0.15, 0.2) is 103 Å². The molecule has 1 fully saturated rings. The van der Waals surface area contributed by atoms with Crippen LogP contribution in [-0.4, -0.2) is 36.1 Å². The molecule has 0 bridgehead atoms. The van der Waals surface area contributed by atoms with Crippen LogP contribution in [0.3, 0.4) is 0 Å². The number of ether oxygens (including phenoxy) is 2. The van der Waals surface area contributed by atoms with E-state index in [1.807, 2.05) is 60.7 Å². The highest BCUT2D eigenvalue weighted by Gasteiger charge is 2.25. The minimum Gasteiger partial charge on any atom is -0.462 e. The Morgan fingerprint density at radius 1 is 0.879 bits per heavy atom. The summed E-state index contributed by atoms with van der Waals surface area (Å²) >= 11 is 0. The number of esters is 2. The van der Waals surface area contributed by atoms with Crippen molar-refractivity contribution >= 4 is 11.9 Å². The molecule has 1 unspecified atom stereocenters. The zero-order chi connectivity index (χ0) is 22.9. The van der Waals surface area contributed by atoms with Crippen LogP contribution >= 0.6 is 0 Å². The van der Waals surface area contributed by atoms with Crippen molar-refractivity contribution in [1.82, 2.24) is 4.90 Å². The van der Waals surface area contributed by atoms with Crippen LogP contribution in [0.25, 0.3) is 0 Å². The SMILES string of the molecule is O=C1OCC/C1=C\C(COC(=O)c1ccccc1)N(Cc1ccccc1)Cc1ccccc1. The van der Waals surface area contributed by atoms with Crippen molar-refractivity contribution in [3.05, 3.63) is 119 Å². The van der Waals surface area contributed by atoms with Gasteiger partial charge in [-0.1, -0.05) is 84.9 Å².